The van der Waals surface area contributed by atoms with Gasteiger partial charge in [-0.25, -0.2) is 9.59 Å². The van der Waals surface area contributed by atoms with Gasteiger partial charge < -0.3 is 20.1 Å². The summed E-state index contributed by atoms with van der Waals surface area (Å²) in [6.45, 7) is 3.87. The third-order valence-corrected chi connectivity index (χ3v) is 5.07. The molecular weight excluding hydrogens is 396 g/mol. The van der Waals surface area contributed by atoms with Crippen LogP contribution in [0.3, 0.4) is 0 Å². The second kappa shape index (κ2) is 12.4. The second-order valence-corrected chi connectivity index (χ2v) is 7.34. The van der Waals surface area contributed by atoms with Gasteiger partial charge in [0.25, 0.3) is 0 Å². The Hall–Kier alpha value is -3.35. The van der Waals surface area contributed by atoms with Crippen LogP contribution in [0.4, 0.5) is 4.79 Å². The van der Waals surface area contributed by atoms with Gasteiger partial charge in [0.2, 0.25) is 5.91 Å². The molecule has 0 saturated heterocycles. The lowest BCUT2D eigenvalue weighted by Crippen LogP contribution is -2.54. The van der Waals surface area contributed by atoms with E-state index in [1.165, 1.54) is 7.11 Å². The quantitative estimate of drug-likeness (QED) is 0.569. The topological polar surface area (TPSA) is 93.7 Å². The lowest BCUT2D eigenvalue weighted by atomic mass is 9.97. The first-order chi connectivity index (χ1) is 14.9. The van der Waals surface area contributed by atoms with E-state index < -0.39 is 30.1 Å². The molecule has 0 bridgehead atoms. The highest BCUT2D eigenvalue weighted by Gasteiger charge is 2.30. The fourth-order valence-corrected chi connectivity index (χ4v) is 3.04. The number of rotatable bonds is 10. The van der Waals surface area contributed by atoms with Crippen molar-refractivity contribution in [1.82, 2.24) is 10.6 Å². The predicted molar refractivity (Wildman–Crippen MR) is 117 cm³/mol. The Kier molecular flexibility index (Phi) is 9.55. The maximum atomic E-state index is 13.0. The van der Waals surface area contributed by atoms with Gasteiger partial charge in [0.05, 0.1) is 7.11 Å². The number of hydrogen-bond donors (Lipinski definition) is 2. The molecule has 2 rings (SSSR count). The minimum atomic E-state index is -0.867. The van der Waals surface area contributed by atoms with Gasteiger partial charge in [-0.15, -0.1) is 0 Å². The summed E-state index contributed by atoms with van der Waals surface area (Å²) in [6.07, 6.45) is 0.241. The predicted octanol–water partition coefficient (Wildman–Crippen LogP) is 3.23. The highest BCUT2D eigenvalue weighted by atomic mass is 16.5. The van der Waals surface area contributed by atoms with E-state index in [-0.39, 0.29) is 18.9 Å². The van der Waals surface area contributed by atoms with Gasteiger partial charge in [-0.05, 0) is 17.0 Å². The molecule has 0 aromatic heterocycles. The summed E-state index contributed by atoms with van der Waals surface area (Å²) in [6, 6.07) is 16.9. The van der Waals surface area contributed by atoms with Crippen LogP contribution in [0.25, 0.3) is 0 Å². The molecule has 0 unspecified atom stereocenters. The number of esters is 1. The van der Waals surface area contributed by atoms with Crippen molar-refractivity contribution in [3.63, 3.8) is 0 Å². The van der Waals surface area contributed by atoms with Crippen molar-refractivity contribution in [2.75, 3.05) is 7.11 Å². The fraction of sp³-hybridized carbons (Fsp3) is 0.375. The van der Waals surface area contributed by atoms with Gasteiger partial charge >= 0.3 is 12.1 Å². The van der Waals surface area contributed by atoms with Crippen LogP contribution in [-0.4, -0.2) is 37.2 Å². The molecule has 0 spiro atoms. The third kappa shape index (κ3) is 7.77. The average molecular weight is 427 g/mol. The number of methoxy groups -OCH3 is 1. The second-order valence-electron chi connectivity index (χ2n) is 7.34. The maximum absolute atomic E-state index is 13.0. The Labute approximate surface area is 183 Å². The van der Waals surface area contributed by atoms with Crippen LogP contribution >= 0.6 is 0 Å². The van der Waals surface area contributed by atoms with Crippen molar-refractivity contribution < 1.29 is 23.9 Å². The van der Waals surface area contributed by atoms with Crippen molar-refractivity contribution in [2.24, 2.45) is 5.92 Å². The van der Waals surface area contributed by atoms with Gasteiger partial charge in [0.1, 0.15) is 18.7 Å². The highest BCUT2D eigenvalue weighted by molar-refractivity contribution is 5.90. The minimum Gasteiger partial charge on any atom is -0.467 e. The van der Waals surface area contributed by atoms with Crippen molar-refractivity contribution >= 4 is 18.0 Å². The third-order valence-electron chi connectivity index (χ3n) is 5.07. The van der Waals surface area contributed by atoms with Crippen molar-refractivity contribution in [3.05, 3.63) is 71.8 Å². The van der Waals surface area contributed by atoms with E-state index in [0.29, 0.717) is 6.42 Å². The molecule has 2 amide bonds. The van der Waals surface area contributed by atoms with E-state index in [1.807, 2.05) is 74.5 Å². The number of carbonyl (C=O) groups is 3. The normalized spacial score (nSPS) is 13.4. The first-order valence-corrected chi connectivity index (χ1v) is 10.3. The number of amides is 2. The standard InChI is InChI=1S/C24H30N2O5/c1-4-17(2)21(26-24(29)31-16-19-13-9-6-10-14-19)22(27)25-20(23(28)30-3)15-18-11-7-5-8-12-18/h5-14,17,20-21H,4,15-16H2,1-3H3,(H,25,27)(H,26,29)/t17-,20-,21-/m0/s1. The van der Waals surface area contributed by atoms with E-state index >= 15 is 0 Å². The number of benzene rings is 2. The van der Waals surface area contributed by atoms with Gasteiger partial charge in [-0.3, -0.25) is 4.79 Å². The Morgan fingerprint density at radius 3 is 2.03 bits per heavy atom. The fourth-order valence-electron chi connectivity index (χ4n) is 3.04. The molecule has 0 aliphatic carbocycles. The van der Waals surface area contributed by atoms with Gasteiger partial charge in [0.15, 0.2) is 0 Å². The summed E-state index contributed by atoms with van der Waals surface area (Å²) in [5.74, 6) is -1.18. The molecule has 2 N–H and O–H groups in total. The summed E-state index contributed by atoms with van der Waals surface area (Å²) < 4.78 is 10.1. The largest absolute Gasteiger partial charge is 0.467 e. The molecule has 2 aromatic rings. The van der Waals surface area contributed by atoms with E-state index in [4.69, 9.17) is 9.47 Å². The van der Waals surface area contributed by atoms with Gasteiger partial charge in [-0.2, -0.15) is 0 Å². The summed E-state index contributed by atoms with van der Waals surface area (Å²) in [5, 5.41) is 5.37. The van der Waals surface area contributed by atoms with Crippen molar-refractivity contribution in [2.45, 2.75) is 45.4 Å². The summed E-state index contributed by atoms with van der Waals surface area (Å²) in [7, 11) is 1.28. The Balaban J connectivity index is 2.03. The van der Waals surface area contributed by atoms with Gasteiger partial charge in [-0.1, -0.05) is 80.9 Å². The molecule has 0 fully saturated rings. The monoisotopic (exact) mass is 426 g/mol. The minimum absolute atomic E-state index is 0.0975. The zero-order valence-electron chi connectivity index (χ0n) is 18.2. The van der Waals surface area contributed by atoms with E-state index in [0.717, 1.165) is 11.1 Å². The lowest BCUT2D eigenvalue weighted by Gasteiger charge is -2.25. The molecule has 2 aromatic carbocycles. The van der Waals surface area contributed by atoms with Crippen LogP contribution in [0.5, 0.6) is 0 Å². The molecule has 0 heterocycles. The zero-order valence-corrected chi connectivity index (χ0v) is 18.2. The number of carbonyl (C=O) groups excluding carboxylic acids is 3. The van der Waals surface area contributed by atoms with Crippen LogP contribution in [0.15, 0.2) is 60.7 Å². The molecule has 7 nitrogen and oxygen atoms in total. The molecule has 0 aliphatic rings. The van der Waals surface area contributed by atoms with Crippen LogP contribution in [-0.2, 0) is 32.1 Å². The van der Waals surface area contributed by atoms with Crippen molar-refractivity contribution in [3.8, 4) is 0 Å². The zero-order chi connectivity index (χ0) is 22.6. The molecule has 0 saturated carbocycles. The number of alkyl carbamates (subject to hydrolysis) is 1. The molecule has 166 valence electrons. The van der Waals surface area contributed by atoms with E-state index in [9.17, 15) is 14.4 Å². The maximum Gasteiger partial charge on any atom is 0.408 e. The number of nitrogens with one attached hydrogen (secondary N) is 2. The summed E-state index contributed by atoms with van der Waals surface area (Å²) in [5.41, 5.74) is 1.73. The van der Waals surface area contributed by atoms with Crippen LogP contribution in [0.1, 0.15) is 31.4 Å². The van der Waals surface area contributed by atoms with E-state index in [2.05, 4.69) is 10.6 Å². The van der Waals surface area contributed by atoms with Crippen LogP contribution < -0.4 is 10.6 Å². The number of ether oxygens (including phenoxy) is 2. The lowest BCUT2D eigenvalue weighted by molar-refractivity contribution is -0.145. The molecule has 0 aliphatic heterocycles. The smallest absolute Gasteiger partial charge is 0.408 e. The molecule has 7 heteroatoms. The molecule has 31 heavy (non-hydrogen) atoms. The number of hydrogen-bond acceptors (Lipinski definition) is 5. The Bertz CT molecular complexity index is 842. The average Bonchev–Trinajstić information content (AvgIpc) is 2.81. The van der Waals surface area contributed by atoms with Crippen LogP contribution in [0.2, 0.25) is 0 Å². The van der Waals surface area contributed by atoms with Gasteiger partial charge in [0, 0.05) is 6.42 Å². The summed E-state index contributed by atoms with van der Waals surface area (Å²) in [4.78, 5) is 37.5. The Morgan fingerprint density at radius 1 is 0.903 bits per heavy atom. The molecule has 0 radical (unpaired) electrons. The van der Waals surface area contributed by atoms with E-state index in [1.54, 1.807) is 0 Å². The van der Waals surface area contributed by atoms with Crippen LogP contribution in [0, 0.1) is 5.92 Å². The summed E-state index contributed by atoms with van der Waals surface area (Å²) >= 11 is 0. The first kappa shape index (κ1) is 23.9. The van der Waals surface area contributed by atoms with Crippen molar-refractivity contribution in [1.29, 1.82) is 0 Å². The highest BCUT2D eigenvalue weighted by Crippen LogP contribution is 2.11. The SMILES string of the molecule is CC[C@H](C)[C@H](NC(=O)OCc1ccccc1)C(=O)N[C@@H](Cc1ccccc1)C(=O)OC. The molecule has 3 atom stereocenters. The first-order valence-electron chi connectivity index (χ1n) is 10.3. The molecular formula is C24H30N2O5. The Morgan fingerprint density at radius 2 is 1.48 bits per heavy atom.